The van der Waals surface area contributed by atoms with Crippen molar-refractivity contribution in [1.82, 2.24) is 10.3 Å². The molecular weight excluding hydrogens is 272 g/mol. The number of piperidine rings is 1. The number of aromatic amines is 1. The average molecular weight is 286 g/mol. The van der Waals surface area contributed by atoms with Crippen molar-refractivity contribution in [3.05, 3.63) is 39.7 Å². The molecule has 0 saturated carbocycles. The first kappa shape index (κ1) is 13.4. The summed E-state index contributed by atoms with van der Waals surface area (Å²) in [5, 5.41) is 12.1. The van der Waals surface area contributed by atoms with E-state index >= 15 is 0 Å². The van der Waals surface area contributed by atoms with E-state index in [1.807, 2.05) is 0 Å². The van der Waals surface area contributed by atoms with Gasteiger partial charge >= 0.3 is 0 Å². The third-order valence-corrected chi connectivity index (χ3v) is 3.81. The number of hydrogen-bond donors (Lipinski definition) is 3. The molecule has 1 aromatic heterocycles. The predicted octanol–water partition coefficient (Wildman–Crippen LogP) is 1.06. The van der Waals surface area contributed by atoms with E-state index in [9.17, 15) is 19.5 Å². The van der Waals surface area contributed by atoms with Gasteiger partial charge in [0.2, 0.25) is 11.8 Å². The van der Waals surface area contributed by atoms with Crippen molar-refractivity contribution in [2.24, 2.45) is 0 Å². The van der Waals surface area contributed by atoms with E-state index in [0.29, 0.717) is 28.6 Å². The number of rotatable bonds is 1. The van der Waals surface area contributed by atoms with Gasteiger partial charge in [0.1, 0.15) is 5.75 Å². The average Bonchev–Trinajstić information content (AvgIpc) is 2.42. The van der Waals surface area contributed by atoms with Gasteiger partial charge in [-0.1, -0.05) is 0 Å². The summed E-state index contributed by atoms with van der Waals surface area (Å²) in [5.41, 5.74) is 1.28. The standard InChI is InChI=1S/C15H14N2O4/c1-7-13(9-3-5-12(19)17-15(9)21)14(20)10-6-8(18)2-4-11(10)16-7/h2,4,6,9,18H,3,5H2,1H3,(H,16,20)(H,17,19,21). The molecule has 3 N–H and O–H groups in total. The maximum atomic E-state index is 12.6. The summed E-state index contributed by atoms with van der Waals surface area (Å²) in [6.07, 6.45) is 0.534. The molecule has 1 aliphatic rings. The van der Waals surface area contributed by atoms with Crippen LogP contribution in [0.25, 0.3) is 10.9 Å². The number of hydrogen-bond acceptors (Lipinski definition) is 4. The zero-order valence-corrected chi connectivity index (χ0v) is 11.4. The Kier molecular flexibility index (Phi) is 3.01. The molecule has 1 saturated heterocycles. The molecule has 1 fully saturated rings. The Balaban J connectivity index is 2.21. The molecule has 1 atom stereocenters. The lowest BCUT2D eigenvalue weighted by Gasteiger charge is -2.22. The van der Waals surface area contributed by atoms with E-state index in [0.717, 1.165) is 0 Å². The highest BCUT2D eigenvalue weighted by molar-refractivity contribution is 6.01. The van der Waals surface area contributed by atoms with E-state index in [1.54, 1.807) is 13.0 Å². The Morgan fingerprint density at radius 3 is 2.71 bits per heavy atom. The molecule has 0 spiro atoms. The van der Waals surface area contributed by atoms with Crippen LogP contribution in [0.2, 0.25) is 0 Å². The quantitative estimate of drug-likeness (QED) is 0.683. The Morgan fingerprint density at radius 1 is 1.24 bits per heavy atom. The van der Waals surface area contributed by atoms with Crippen molar-refractivity contribution < 1.29 is 14.7 Å². The van der Waals surface area contributed by atoms with E-state index in [-0.39, 0.29) is 23.5 Å². The third-order valence-electron chi connectivity index (χ3n) is 3.81. The van der Waals surface area contributed by atoms with Crippen LogP contribution >= 0.6 is 0 Å². The van der Waals surface area contributed by atoms with E-state index in [4.69, 9.17) is 0 Å². The fourth-order valence-electron chi connectivity index (χ4n) is 2.80. The van der Waals surface area contributed by atoms with Crippen LogP contribution in [-0.4, -0.2) is 21.9 Å². The normalized spacial score (nSPS) is 18.8. The number of H-pyrrole nitrogens is 1. The number of nitrogens with one attached hydrogen (secondary N) is 2. The molecule has 1 aliphatic heterocycles. The van der Waals surface area contributed by atoms with Crippen LogP contribution in [0.15, 0.2) is 23.0 Å². The minimum atomic E-state index is -0.641. The molecule has 2 heterocycles. The minimum Gasteiger partial charge on any atom is -0.508 e. The molecule has 3 rings (SSSR count). The molecule has 0 bridgehead atoms. The zero-order valence-electron chi connectivity index (χ0n) is 11.4. The maximum absolute atomic E-state index is 12.6. The van der Waals surface area contributed by atoms with Crippen LogP contribution in [0.4, 0.5) is 0 Å². The monoisotopic (exact) mass is 286 g/mol. The molecule has 6 heteroatoms. The fourth-order valence-corrected chi connectivity index (χ4v) is 2.80. The summed E-state index contributed by atoms with van der Waals surface area (Å²) in [7, 11) is 0. The van der Waals surface area contributed by atoms with Gasteiger partial charge in [-0.05, 0) is 31.5 Å². The number of fused-ring (bicyclic) bond motifs is 1. The molecule has 6 nitrogen and oxygen atoms in total. The summed E-state index contributed by atoms with van der Waals surface area (Å²) in [4.78, 5) is 38.9. The van der Waals surface area contributed by atoms with Crippen molar-refractivity contribution in [3.8, 4) is 5.75 Å². The maximum Gasteiger partial charge on any atom is 0.234 e. The van der Waals surface area contributed by atoms with Crippen molar-refractivity contribution in [2.45, 2.75) is 25.7 Å². The highest BCUT2D eigenvalue weighted by atomic mass is 16.3. The minimum absolute atomic E-state index is 0.00826. The molecule has 2 aromatic rings. The SMILES string of the molecule is Cc1[nH]c2ccc(O)cc2c(=O)c1C1CCC(=O)NC1=O. The van der Waals surface area contributed by atoms with Crippen LogP contribution in [0.1, 0.15) is 30.0 Å². The number of carbonyl (C=O) groups excluding carboxylic acids is 2. The lowest BCUT2D eigenvalue weighted by molar-refractivity contribution is -0.134. The molecule has 1 aromatic carbocycles. The third kappa shape index (κ3) is 2.18. The lowest BCUT2D eigenvalue weighted by atomic mass is 9.88. The molecule has 0 aliphatic carbocycles. The molecule has 2 amide bonds. The first-order valence-corrected chi connectivity index (χ1v) is 6.66. The number of pyridine rings is 1. The van der Waals surface area contributed by atoms with Crippen molar-refractivity contribution in [1.29, 1.82) is 0 Å². The van der Waals surface area contributed by atoms with E-state index < -0.39 is 11.8 Å². The largest absolute Gasteiger partial charge is 0.508 e. The van der Waals surface area contributed by atoms with E-state index in [2.05, 4.69) is 10.3 Å². The van der Waals surface area contributed by atoms with Gasteiger partial charge in [-0.3, -0.25) is 19.7 Å². The van der Waals surface area contributed by atoms with Crippen LogP contribution < -0.4 is 10.7 Å². The van der Waals surface area contributed by atoms with Crippen molar-refractivity contribution in [2.75, 3.05) is 0 Å². The van der Waals surface area contributed by atoms with Gasteiger partial charge in [-0.2, -0.15) is 0 Å². The molecular formula is C15H14N2O4. The topological polar surface area (TPSA) is 99.3 Å². The van der Waals surface area contributed by atoms with Crippen molar-refractivity contribution >= 4 is 22.7 Å². The first-order chi connectivity index (χ1) is 9.97. The van der Waals surface area contributed by atoms with E-state index in [1.165, 1.54) is 12.1 Å². The Morgan fingerprint density at radius 2 is 2.00 bits per heavy atom. The highest BCUT2D eigenvalue weighted by Crippen LogP contribution is 2.26. The summed E-state index contributed by atoms with van der Waals surface area (Å²) in [6.45, 7) is 1.73. The summed E-state index contributed by atoms with van der Waals surface area (Å²) >= 11 is 0. The second-order valence-electron chi connectivity index (χ2n) is 5.23. The van der Waals surface area contributed by atoms with Gasteiger partial charge in [0.25, 0.3) is 0 Å². The van der Waals surface area contributed by atoms with Gasteiger partial charge in [-0.15, -0.1) is 0 Å². The zero-order chi connectivity index (χ0) is 15.1. The summed E-state index contributed by atoms with van der Waals surface area (Å²) in [6, 6.07) is 4.49. The second-order valence-corrected chi connectivity index (χ2v) is 5.23. The first-order valence-electron chi connectivity index (χ1n) is 6.66. The summed E-state index contributed by atoms with van der Waals surface area (Å²) in [5.74, 6) is -1.41. The molecule has 108 valence electrons. The predicted molar refractivity (Wildman–Crippen MR) is 76.1 cm³/mol. The smallest absolute Gasteiger partial charge is 0.234 e. The number of benzene rings is 1. The number of phenols is 1. The van der Waals surface area contributed by atoms with Gasteiger partial charge in [0.15, 0.2) is 5.43 Å². The number of aromatic nitrogens is 1. The van der Waals surface area contributed by atoms with Gasteiger partial charge < -0.3 is 10.1 Å². The molecule has 21 heavy (non-hydrogen) atoms. The molecule has 1 unspecified atom stereocenters. The van der Waals surface area contributed by atoms with Gasteiger partial charge in [-0.25, -0.2) is 0 Å². The number of phenolic OH excluding ortho intramolecular Hbond substituents is 1. The molecule has 0 radical (unpaired) electrons. The number of aryl methyl sites for hydroxylation is 1. The fraction of sp³-hybridized carbons (Fsp3) is 0.267. The van der Waals surface area contributed by atoms with Crippen LogP contribution in [0, 0.1) is 6.92 Å². The highest BCUT2D eigenvalue weighted by Gasteiger charge is 2.31. The number of amides is 2. The Labute approximate surface area is 119 Å². The Bertz CT molecular complexity index is 822. The lowest BCUT2D eigenvalue weighted by Crippen LogP contribution is -2.41. The number of carbonyl (C=O) groups is 2. The van der Waals surface area contributed by atoms with Crippen LogP contribution in [0.3, 0.4) is 0 Å². The summed E-state index contributed by atoms with van der Waals surface area (Å²) < 4.78 is 0. The number of aromatic hydroxyl groups is 1. The van der Waals surface area contributed by atoms with Crippen molar-refractivity contribution in [3.63, 3.8) is 0 Å². The Hall–Kier alpha value is -2.63. The van der Waals surface area contributed by atoms with Gasteiger partial charge in [0, 0.05) is 28.6 Å². The second kappa shape index (κ2) is 4.73. The van der Waals surface area contributed by atoms with Gasteiger partial charge in [0.05, 0.1) is 5.92 Å². The van der Waals surface area contributed by atoms with Crippen LogP contribution in [-0.2, 0) is 9.59 Å². The van der Waals surface area contributed by atoms with Crippen LogP contribution in [0.5, 0.6) is 5.75 Å². The number of imide groups is 1.